The molecule has 2 rings (SSSR count). The zero-order valence-electron chi connectivity index (χ0n) is 11.3. The van der Waals surface area contributed by atoms with Crippen molar-refractivity contribution in [3.05, 3.63) is 23.3 Å². The highest BCUT2D eigenvalue weighted by atomic mass is 32.1. The van der Waals surface area contributed by atoms with Crippen LogP contribution in [0.4, 0.5) is 0 Å². The van der Waals surface area contributed by atoms with E-state index in [1.165, 1.54) is 11.1 Å². The van der Waals surface area contributed by atoms with Crippen molar-refractivity contribution < 1.29 is 9.47 Å². The Bertz CT molecular complexity index is 421. The minimum atomic E-state index is 0.373. The molecule has 0 amide bonds. The molecule has 0 aromatic heterocycles. The van der Waals surface area contributed by atoms with Gasteiger partial charge in [-0.25, -0.2) is 0 Å². The topological polar surface area (TPSA) is 21.7 Å². The first-order valence-electron chi connectivity index (χ1n) is 6.31. The lowest BCUT2D eigenvalue weighted by Crippen LogP contribution is -2.22. The number of thiol groups is 1. The first-order chi connectivity index (χ1) is 8.63. The van der Waals surface area contributed by atoms with E-state index < -0.39 is 0 Å². The number of nitrogens with zero attached hydrogens (tertiary/aromatic N) is 1. The SMILES string of the molecule is Cc1cc2c(cc1C(CCS)N(C)C)OCCO2. The minimum Gasteiger partial charge on any atom is -0.486 e. The Morgan fingerprint density at radius 1 is 1.22 bits per heavy atom. The van der Waals surface area contributed by atoms with Crippen LogP contribution < -0.4 is 9.47 Å². The van der Waals surface area contributed by atoms with Gasteiger partial charge in [-0.1, -0.05) is 0 Å². The highest BCUT2D eigenvalue weighted by Crippen LogP contribution is 2.37. The van der Waals surface area contributed by atoms with Crippen LogP contribution in [-0.2, 0) is 0 Å². The largest absolute Gasteiger partial charge is 0.486 e. The predicted octanol–water partition coefficient (Wildman–Crippen LogP) is 2.69. The highest BCUT2D eigenvalue weighted by Gasteiger charge is 2.20. The third kappa shape index (κ3) is 2.75. The molecule has 3 nitrogen and oxygen atoms in total. The van der Waals surface area contributed by atoms with Gasteiger partial charge in [0.15, 0.2) is 11.5 Å². The van der Waals surface area contributed by atoms with Crippen LogP contribution in [0.15, 0.2) is 12.1 Å². The molecule has 4 heteroatoms. The Morgan fingerprint density at radius 3 is 2.39 bits per heavy atom. The van der Waals surface area contributed by atoms with Crippen molar-refractivity contribution in [1.29, 1.82) is 0 Å². The Morgan fingerprint density at radius 2 is 1.83 bits per heavy atom. The maximum Gasteiger partial charge on any atom is 0.161 e. The summed E-state index contributed by atoms with van der Waals surface area (Å²) in [6.45, 7) is 3.40. The molecule has 0 bridgehead atoms. The van der Waals surface area contributed by atoms with Crippen molar-refractivity contribution in [2.45, 2.75) is 19.4 Å². The molecule has 0 N–H and O–H groups in total. The second-order valence-corrected chi connectivity index (χ2v) is 5.29. The molecule has 0 aliphatic carbocycles. The van der Waals surface area contributed by atoms with Crippen molar-refractivity contribution in [2.24, 2.45) is 0 Å². The van der Waals surface area contributed by atoms with Crippen LogP contribution in [0.3, 0.4) is 0 Å². The summed E-state index contributed by atoms with van der Waals surface area (Å²) in [4.78, 5) is 2.23. The smallest absolute Gasteiger partial charge is 0.161 e. The van der Waals surface area contributed by atoms with Gasteiger partial charge < -0.3 is 14.4 Å². The van der Waals surface area contributed by atoms with E-state index in [9.17, 15) is 0 Å². The molecule has 0 radical (unpaired) electrons. The van der Waals surface area contributed by atoms with E-state index in [1.807, 2.05) is 0 Å². The van der Waals surface area contributed by atoms with Crippen LogP contribution in [0.2, 0.25) is 0 Å². The van der Waals surface area contributed by atoms with Gasteiger partial charge in [0.1, 0.15) is 13.2 Å². The van der Waals surface area contributed by atoms with E-state index in [2.05, 4.69) is 50.7 Å². The van der Waals surface area contributed by atoms with Gasteiger partial charge in [0.2, 0.25) is 0 Å². The van der Waals surface area contributed by atoms with Crippen LogP contribution in [-0.4, -0.2) is 38.0 Å². The van der Waals surface area contributed by atoms with E-state index in [1.54, 1.807) is 0 Å². The molecular formula is C14H21NO2S. The quantitative estimate of drug-likeness (QED) is 0.848. The third-order valence-corrected chi connectivity index (χ3v) is 3.57. The maximum absolute atomic E-state index is 5.66. The summed E-state index contributed by atoms with van der Waals surface area (Å²) in [6, 6.07) is 4.58. The number of benzene rings is 1. The predicted molar refractivity (Wildman–Crippen MR) is 77.1 cm³/mol. The van der Waals surface area contributed by atoms with Crippen molar-refractivity contribution in [3.63, 3.8) is 0 Å². The average molecular weight is 267 g/mol. The number of fused-ring (bicyclic) bond motifs is 1. The molecule has 0 saturated heterocycles. The van der Waals surface area contributed by atoms with Crippen molar-refractivity contribution in [2.75, 3.05) is 33.1 Å². The van der Waals surface area contributed by atoms with Gasteiger partial charge in [0.05, 0.1) is 0 Å². The Kier molecular flexibility index (Phi) is 4.40. The van der Waals surface area contributed by atoms with Gasteiger partial charge in [0, 0.05) is 6.04 Å². The molecular weight excluding hydrogens is 246 g/mol. The van der Waals surface area contributed by atoms with Gasteiger partial charge in [-0.2, -0.15) is 12.6 Å². The number of hydrogen-bond acceptors (Lipinski definition) is 4. The number of hydrogen-bond donors (Lipinski definition) is 1. The van der Waals surface area contributed by atoms with Crippen molar-refractivity contribution in [3.8, 4) is 11.5 Å². The summed E-state index contributed by atoms with van der Waals surface area (Å²) in [5.41, 5.74) is 2.55. The van der Waals surface area contributed by atoms with E-state index in [-0.39, 0.29) is 0 Å². The summed E-state index contributed by atoms with van der Waals surface area (Å²) in [6.07, 6.45) is 1.02. The standard InChI is InChI=1S/C14H21NO2S/c1-10-8-13-14(17-6-5-16-13)9-11(10)12(4-7-18)15(2)3/h8-9,12,18H,4-7H2,1-3H3. The lowest BCUT2D eigenvalue weighted by molar-refractivity contribution is 0.170. The molecule has 1 atom stereocenters. The summed E-state index contributed by atoms with van der Waals surface area (Å²) >= 11 is 4.36. The number of rotatable bonds is 4. The van der Waals surface area contributed by atoms with Crippen LogP contribution >= 0.6 is 12.6 Å². The summed E-state index contributed by atoms with van der Waals surface area (Å²) in [5, 5.41) is 0. The van der Waals surface area contributed by atoms with Crippen LogP contribution in [0.25, 0.3) is 0 Å². The third-order valence-electron chi connectivity index (χ3n) is 3.32. The Balaban J connectivity index is 2.36. The first-order valence-corrected chi connectivity index (χ1v) is 6.94. The molecule has 1 aromatic carbocycles. The molecule has 0 fully saturated rings. The van der Waals surface area contributed by atoms with Gasteiger partial charge in [0.25, 0.3) is 0 Å². The molecule has 18 heavy (non-hydrogen) atoms. The summed E-state index contributed by atoms with van der Waals surface area (Å²) in [5.74, 6) is 2.61. The maximum atomic E-state index is 5.66. The fourth-order valence-electron chi connectivity index (χ4n) is 2.38. The van der Waals surface area contributed by atoms with Crippen molar-refractivity contribution in [1.82, 2.24) is 4.90 Å². The van der Waals surface area contributed by atoms with E-state index in [0.717, 1.165) is 23.7 Å². The lowest BCUT2D eigenvalue weighted by atomic mass is 9.97. The van der Waals surface area contributed by atoms with Crippen LogP contribution in [0.1, 0.15) is 23.6 Å². The molecule has 0 spiro atoms. The average Bonchev–Trinajstić information content (AvgIpc) is 2.35. The Labute approximate surface area is 114 Å². The summed E-state index contributed by atoms with van der Waals surface area (Å²) < 4.78 is 11.3. The molecule has 1 unspecified atom stereocenters. The van der Waals surface area contributed by atoms with Gasteiger partial charge in [-0.3, -0.25) is 0 Å². The lowest BCUT2D eigenvalue weighted by Gasteiger charge is -2.28. The minimum absolute atomic E-state index is 0.373. The fourth-order valence-corrected chi connectivity index (χ4v) is 2.62. The highest BCUT2D eigenvalue weighted by molar-refractivity contribution is 7.80. The van der Waals surface area contributed by atoms with E-state index in [0.29, 0.717) is 19.3 Å². The molecule has 100 valence electrons. The second-order valence-electron chi connectivity index (χ2n) is 4.84. The molecule has 0 saturated carbocycles. The van der Waals surface area contributed by atoms with Gasteiger partial charge in [-0.05, 0) is 56.5 Å². The number of aryl methyl sites for hydroxylation is 1. The molecule has 1 aliphatic rings. The van der Waals surface area contributed by atoms with E-state index >= 15 is 0 Å². The zero-order chi connectivity index (χ0) is 13.1. The van der Waals surface area contributed by atoms with Crippen LogP contribution in [0, 0.1) is 6.92 Å². The van der Waals surface area contributed by atoms with Crippen LogP contribution in [0.5, 0.6) is 11.5 Å². The molecule has 1 aliphatic heterocycles. The summed E-state index contributed by atoms with van der Waals surface area (Å²) in [7, 11) is 4.20. The Hall–Kier alpha value is -0.870. The second kappa shape index (κ2) is 5.85. The van der Waals surface area contributed by atoms with Gasteiger partial charge >= 0.3 is 0 Å². The zero-order valence-corrected chi connectivity index (χ0v) is 12.2. The van der Waals surface area contributed by atoms with Gasteiger partial charge in [-0.15, -0.1) is 0 Å². The first kappa shape index (κ1) is 13.6. The molecule has 1 heterocycles. The van der Waals surface area contributed by atoms with Crippen molar-refractivity contribution >= 4 is 12.6 Å². The monoisotopic (exact) mass is 267 g/mol. The normalized spacial score (nSPS) is 15.8. The molecule has 1 aromatic rings. The number of ether oxygens (including phenoxy) is 2. The fraction of sp³-hybridized carbons (Fsp3) is 0.571. The van der Waals surface area contributed by atoms with E-state index in [4.69, 9.17) is 9.47 Å².